The number of hydrogen-bond donors (Lipinski definition) is 3. The second-order valence-corrected chi connectivity index (χ2v) is 7.33. The number of benzene rings is 2. The van der Waals surface area contributed by atoms with E-state index >= 15 is 0 Å². The van der Waals surface area contributed by atoms with Crippen molar-refractivity contribution in [3.8, 4) is 5.75 Å². The Morgan fingerprint density at radius 3 is 2.97 bits per heavy atom. The highest BCUT2D eigenvalue weighted by Crippen LogP contribution is 2.31. The Hall–Kier alpha value is -3.26. The quantitative estimate of drug-likeness (QED) is 0.580. The molecule has 2 heterocycles. The van der Waals surface area contributed by atoms with Crippen LogP contribution in [-0.2, 0) is 11.3 Å². The highest BCUT2D eigenvalue weighted by Gasteiger charge is 2.22. The van der Waals surface area contributed by atoms with Crippen molar-refractivity contribution >= 4 is 28.3 Å². The van der Waals surface area contributed by atoms with Gasteiger partial charge in [-0.15, -0.1) is 0 Å². The normalized spacial score (nSPS) is 16.4. The molecule has 3 N–H and O–H groups in total. The predicted molar refractivity (Wildman–Crippen MR) is 113 cm³/mol. The summed E-state index contributed by atoms with van der Waals surface area (Å²) in [5.74, 6) is 0.867. The minimum absolute atomic E-state index is 0.0154. The third kappa shape index (κ3) is 4.04. The van der Waals surface area contributed by atoms with Gasteiger partial charge in [-0.25, -0.2) is 14.4 Å². The van der Waals surface area contributed by atoms with Crippen molar-refractivity contribution in [2.45, 2.75) is 32.4 Å². The van der Waals surface area contributed by atoms with Crippen LogP contribution in [0.2, 0.25) is 0 Å². The van der Waals surface area contributed by atoms with Crippen molar-refractivity contribution in [3.05, 3.63) is 53.6 Å². The third-order valence-electron chi connectivity index (χ3n) is 5.31. The number of aromatic nitrogens is 2. The summed E-state index contributed by atoms with van der Waals surface area (Å²) in [5.41, 5.74) is 2.45. The number of carbonyl (C=O) groups is 1. The first-order valence-electron chi connectivity index (χ1n) is 9.91. The summed E-state index contributed by atoms with van der Waals surface area (Å²) in [6.07, 6.45) is 3.18. The predicted octanol–water partition coefficient (Wildman–Crippen LogP) is 3.20. The fraction of sp³-hybridized carbons (Fsp3) is 0.318. The number of piperidine rings is 1. The van der Waals surface area contributed by atoms with Crippen LogP contribution in [0.3, 0.4) is 0 Å². The minimum atomic E-state index is -0.317. The highest BCUT2D eigenvalue weighted by atomic mass is 19.1. The summed E-state index contributed by atoms with van der Waals surface area (Å²) in [7, 11) is 1.60. The maximum Gasteiger partial charge on any atom is 0.237 e. The van der Waals surface area contributed by atoms with Gasteiger partial charge in [-0.1, -0.05) is 12.1 Å². The van der Waals surface area contributed by atoms with Crippen molar-refractivity contribution in [2.24, 2.45) is 0 Å². The van der Waals surface area contributed by atoms with E-state index in [0.29, 0.717) is 34.9 Å². The number of anilines is 2. The van der Waals surface area contributed by atoms with E-state index in [2.05, 4.69) is 25.9 Å². The van der Waals surface area contributed by atoms with Gasteiger partial charge in [0, 0.05) is 30.1 Å². The van der Waals surface area contributed by atoms with E-state index in [1.807, 2.05) is 12.1 Å². The molecule has 1 amide bonds. The summed E-state index contributed by atoms with van der Waals surface area (Å²) in [6, 6.07) is 8.69. The van der Waals surface area contributed by atoms with Crippen LogP contribution in [0, 0.1) is 12.7 Å². The number of rotatable bonds is 6. The molecule has 1 atom stereocenters. The Bertz CT molecular complexity index is 1090. The summed E-state index contributed by atoms with van der Waals surface area (Å²) in [6.45, 7) is 2.89. The van der Waals surface area contributed by atoms with Crippen LogP contribution >= 0.6 is 0 Å². The van der Waals surface area contributed by atoms with E-state index < -0.39 is 0 Å². The van der Waals surface area contributed by atoms with Crippen LogP contribution in [0.4, 0.5) is 15.9 Å². The van der Waals surface area contributed by atoms with Crippen LogP contribution < -0.4 is 20.7 Å². The van der Waals surface area contributed by atoms with Crippen molar-refractivity contribution in [2.75, 3.05) is 19.0 Å². The van der Waals surface area contributed by atoms with Gasteiger partial charge in [0.1, 0.15) is 23.7 Å². The molecule has 156 valence electrons. The molecule has 1 saturated heterocycles. The Labute approximate surface area is 174 Å². The van der Waals surface area contributed by atoms with Crippen molar-refractivity contribution in [1.82, 2.24) is 20.6 Å². The molecule has 7 nitrogen and oxygen atoms in total. The molecule has 0 aliphatic carbocycles. The summed E-state index contributed by atoms with van der Waals surface area (Å²) < 4.78 is 20.0. The molecule has 4 rings (SSSR count). The van der Waals surface area contributed by atoms with Gasteiger partial charge in [0.25, 0.3) is 0 Å². The van der Waals surface area contributed by atoms with Crippen LogP contribution in [-0.4, -0.2) is 35.6 Å². The fourth-order valence-corrected chi connectivity index (χ4v) is 3.63. The molecule has 0 unspecified atom stereocenters. The molecule has 0 radical (unpaired) electrons. The Balaban J connectivity index is 1.66. The summed E-state index contributed by atoms with van der Waals surface area (Å²) in [4.78, 5) is 20.7. The maximum absolute atomic E-state index is 14.5. The largest absolute Gasteiger partial charge is 0.496 e. The second-order valence-electron chi connectivity index (χ2n) is 7.33. The molecular formula is C22H24FN5O2. The molecule has 1 aliphatic heterocycles. The molecule has 3 aromatic rings. The number of nitrogens with zero attached hydrogens (tertiary/aromatic N) is 2. The lowest BCUT2D eigenvalue weighted by atomic mass is 10.1. The van der Waals surface area contributed by atoms with E-state index in [4.69, 9.17) is 4.74 Å². The zero-order chi connectivity index (χ0) is 21.1. The number of hydrogen-bond acceptors (Lipinski definition) is 6. The number of halogens is 1. The lowest BCUT2D eigenvalue weighted by molar-refractivity contribution is -0.124. The standard InChI is InChI=1S/C22H24FN5O2/c1-13-5-3-6-16(20(13)23)28-21-15-9-14(11-25-17-7-4-8-24-22(17)29)19(30-2)10-18(15)26-12-27-21/h3,5-6,9-10,12,17,25H,4,7-8,11H2,1-2H3,(H,24,29)(H,26,27,28)/t17-/m1/s1. The number of aryl methyl sites for hydroxylation is 1. The lowest BCUT2D eigenvalue weighted by Crippen LogP contribution is -2.47. The third-order valence-corrected chi connectivity index (χ3v) is 5.31. The molecule has 0 spiro atoms. The van der Waals surface area contributed by atoms with E-state index in [9.17, 15) is 9.18 Å². The maximum atomic E-state index is 14.5. The Morgan fingerprint density at radius 1 is 1.30 bits per heavy atom. The van der Waals surface area contributed by atoms with Gasteiger partial charge in [-0.3, -0.25) is 4.79 Å². The molecule has 1 aromatic heterocycles. The van der Waals surface area contributed by atoms with Crippen molar-refractivity contribution in [1.29, 1.82) is 0 Å². The second kappa shape index (κ2) is 8.62. The van der Waals surface area contributed by atoms with E-state index in [1.165, 1.54) is 6.33 Å². The topological polar surface area (TPSA) is 88.2 Å². The monoisotopic (exact) mass is 409 g/mol. The van der Waals surface area contributed by atoms with Gasteiger partial charge in [-0.05, 0) is 37.5 Å². The van der Waals surface area contributed by atoms with Gasteiger partial charge in [0.05, 0.1) is 24.4 Å². The smallest absolute Gasteiger partial charge is 0.237 e. The van der Waals surface area contributed by atoms with Crippen LogP contribution in [0.5, 0.6) is 5.75 Å². The number of amides is 1. The van der Waals surface area contributed by atoms with Crippen LogP contribution in [0.15, 0.2) is 36.7 Å². The molecule has 8 heteroatoms. The number of methoxy groups -OCH3 is 1. The van der Waals surface area contributed by atoms with Gasteiger partial charge in [-0.2, -0.15) is 0 Å². The molecule has 1 fully saturated rings. The molecule has 30 heavy (non-hydrogen) atoms. The number of ether oxygens (including phenoxy) is 1. The van der Waals surface area contributed by atoms with E-state index in [-0.39, 0.29) is 17.8 Å². The number of nitrogens with one attached hydrogen (secondary N) is 3. The molecule has 1 aliphatic rings. The average Bonchev–Trinajstić information content (AvgIpc) is 2.76. The molecular weight excluding hydrogens is 385 g/mol. The molecule has 2 aromatic carbocycles. The summed E-state index contributed by atoms with van der Waals surface area (Å²) >= 11 is 0. The van der Waals surface area contributed by atoms with Gasteiger partial charge < -0.3 is 20.7 Å². The van der Waals surface area contributed by atoms with E-state index in [1.54, 1.807) is 32.2 Å². The van der Waals surface area contributed by atoms with Gasteiger partial charge >= 0.3 is 0 Å². The Kier molecular flexibility index (Phi) is 5.76. The first-order valence-corrected chi connectivity index (χ1v) is 9.91. The first-order chi connectivity index (χ1) is 14.6. The Morgan fingerprint density at radius 2 is 2.17 bits per heavy atom. The SMILES string of the molecule is COc1cc2ncnc(Nc3cccc(C)c3F)c2cc1CN[C@@H]1CCCNC1=O. The van der Waals surface area contributed by atoms with Crippen molar-refractivity contribution < 1.29 is 13.9 Å². The molecule has 0 saturated carbocycles. The number of carbonyl (C=O) groups excluding carboxylic acids is 1. The average molecular weight is 409 g/mol. The minimum Gasteiger partial charge on any atom is -0.496 e. The first kappa shape index (κ1) is 20.0. The lowest BCUT2D eigenvalue weighted by Gasteiger charge is -2.23. The van der Waals surface area contributed by atoms with E-state index in [0.717, 1.165) is 30.3 Å². The fourth-order valence-electron chi connectivity index (χ4n) is 3.63. The van der Waals surface area contributed by atoms with Crippen LogP contribution in [0.25, 0.3) is 10.9 Å². The zero-order valence-corrected chi connectivity index (χ0v) is 17.0. The summed E-state index contributed by atoms with van der Waals surface area (Å²) in [5, 5.41) is 10.00. The van der Waals surface area contributed by atoms with Crippen molar-refractivity contribution in [3.63, 3.8) is 0 Å². The number of fused-ring (bicyclic) bond motifs is 1. The van der Waals surface area contributed by atoms with Crippen LogP contribution in [0.1, 0.15) is 24.0 Å². The van der Waals surface area contributed by atoms with Gasteiger partial charge in [0.2, 0.25) is 5.91 Å². The highest BCUT2D eigenvalue weighted by molar-refractivity contribution is 5.92. The molecule has 0 bridgehead atoms. The zero-order valence-electron chi connectivity index (χ0n) is 17.0. The van der Waals surface area contributed by atoms with Gasteiger partial charge in [0.15, 0.2) is 0 Å².